The number of aromatic nitrogens is 1. The van der Waals surface area contributed by atoms with E-state index < -0.39 is 5.92 Å². The van der Waals surface area contributed by atoms with E-state index in [1.165, 1.54) is 0 Å². The lowest BCUT2D eigenvalue weighted by molar-refractivity contribution is -0.117. The number of hydrogen-bond acceptors (Lipinski definition) is 5. The molecule has 2 heterocycles. The fraction of sp³-hybridized carbons (Fsp3) is 0.320. The van der Waals surface area contributed by atoms with Gasteiger partial charge in [0.2, 0.25) is 0 Å². The molecular formula is C25H27N3O2S. The van der Waals surface area contributed by atoms with Crippen molar-refractivity contribution in [3.8, 4) is 0 Å². The molecule has 4 rings (SSSR count). The number of rotatable bonds is 4. The van der Waals surface area contributed by atoms with Gasteiger partial charge in [-0.15, -0.1) is 11.8 Å². The Morgan fingerprint density at radius 2 is 1.87 bits per heavy atom. The van der Waals surface area contributed by atoms with Crippen molar-refractivity contribution in [1.82, 2.24) is 10.3 Å². The maximum atomic E-state index is 13.5. The first-order valence-electron chi connectivity index (χ1n) is 10.5. The number of pyridine rings is 1. The lowest BCUT2D eigenvalue weighted by Crippen LogP contribution is -2.37. The molecule has 5 nitrogen and oxygen atoms in total. The molecule has 1 amide bonds. The van der Waals surface area contributed by atoms with Crippen LogP contribution in [0.1, 0.15) is 43.9 Å². The fourth-order valence-electron chi connectivity index (χ4n) is 4.46. The second kappa shape index (κ2) is 8.71. The summed E-state index contributed by atoms with van der Waals surface area (Å²) in [6.45, 7) is 5.89. The highest BCUT2D eigenvalue weighted by Crippen LogP contribution is 2.43. The number of benzene rings is 1. The molecule has 2 atom stereocenters. The first-order chi connectivity index (χ1) is 14.9. The van der Waals surface area contributed by atoms with Crippen LogP contribution in [0.25, 0.3) is 0 Å². The van der Waals surface area contributed by atoms with Gasteiger partial charge >= 0.3 is 0 Å². The number of thioether (sulfide) groups is 1. The molecule has 6 heteroatoms. The molecule has 1 aromatic heterocycles. The Morgan fingerprint density at radius 3 is 2.55 bits per heavy atom. The van der Waals surface area contributed by atoms with Crippen molar-refractivity contribution < 1.29 is 9.59 Å². The van der Waals surface area contributed by atoms with Crippen molar-refractivity contribution in [2.75, 3.05) is 11.6 Å². The van der Waals surface area contributed by atoms with Crippen molar-refractivity contribution >= 4 is 29.3 Å². The Balaban J connectivity index is 1.78. The largest absolute Gasteiger partial charge is 0.362 e. The van der Waals surface area contributed by atoms with Crippen LogP contribution in [-0.4, -0.2) is 22.9 Å². The maximum absolute atomic E-state index is 13.5. The lowest BCUT2D eigenvalue weighted by Gasteiger charge is -2.36. The summed E-state index contributed by atoms with van der Waals surface area (Å²) in [7, 11) is 0. The molecule has 0 radical (unpaired) electrons. The highest BCUT2D eigenvalue weighted by Gasteiger charge is 2.39. The summed E-state index contributed by atoms with van der Waals surface area (Å²) in [6, 6.07) is 13.7. The Kier molecular flexibility index (Phi) is 6.01. The number of hydrogen-bond donors (Lipinski definition) is 2. The summed E-state index contributed by atoms with van der Waals surface area (Å²) in [4.78, 5) is 32.2. The van der Waals surface area contributed by atoms with E-state index in [9.17, 15) is 9.59 Å². The number of nitrogens with one attached hydrogen (secondary N) is 2. The third kappa shape index (κ3) is 4.30. The SMILES string of the molecule is CSc1ccc(C2C(C(=O)Nc3cccc(C)n3)=C(C)NC3=C2C(=O)CC(C)C3)cc1. The van der Waals surface area contributed by atoms with Gasteiger partial charge in [-0.3, -0.25) is 9.59 Å². The molecule has 2 aliphatic rings. The van der Waals surface area contributed by atoms with Crippen molar-refractivity contribution in [3.05, 3.63) is 76.3 Å². The monoisotopic (exact) mass is 433 g/mol. The number of amides is 1. The molecular weight excluding hydrogens is 406 g/mol. The van der Waals surface area contributed by atoms with Crippen LogP contribution in [-0.2, 0) is 9.59 Å². The van der Waals surface area contributed by atoms with Crippen LogP contribution >= 0.6 is 11.8 Å². The van der Waals surface area contributed by atoms with Gasteiger partial charge in [0.15, 0.2) is 5.78 Å². The second-order valence-corrected chi connectivity index (χ2v) is 9.20. The van der Waals surface area contributed by atoms with Crippen molar-refractivity contribution in [3.63, 3.8) is 0 Å². The standard InChI is InChI=1S/C25H27N3O2S/c1-14-12-19-24(20(29)13-14)23(17-8-10-18(31-4)11-9-17)22(16(3)27-19)25(30)28-21-7-5-6-15(2)26-21/h5-11,14,23,27H,12-13H2,1-4H3,(H,26,28,30). The molecule has 0 saturated heterocycles. The van der Waals surface area contributed by atoms with Crippen LogP contribution < -0.4 is 10.6 Å². The number of ketones is 1. The van der Waals surface area contributed by atoms with E-state index in [1.807, 2.05) is 56.5 Å². The minimum absolute atomic E-state index is 0.117. The smallest absolute Gasteiger partial charge is 0.255 e. The molecule has 0 fully saturated rings. The number of dihydropyridines is 1. The molecule has 1 aliphatic heterocycles. The molecule has 0 bridgehead atoms. The number of allylic oxidation sites excluding steroid dienone is 3. The van der Waals surface area contributed by atoms with Gasteiger partial charge in [0.05, 0.1) is 0 Å². The summed E-state index contributed by atoms with van der Waals surface area (Å²) in [6.07, 6.45) is 3.35. The Morgan fingerprint density at radius 1 is 1.13 bits per heavy atom. The molecule has 0 spiro atoms. The summed E-state index contributed by atoms with van der Waals surface area (Å²) in [5, 5.41) is 6.32. The maximum Gasteiger partial charge on any atom is 0.255 e. The van der Waals surface area contributed by atoms with Gasteiger partial charge in [0.25, 0.3) is 5.91 Å². The number of carbonyl (C=O) groups is 2. The normalized spacial score (nSPS) is 21.0. The van der Waals surface area contributed by atoms with Gasteiger partial charge in [-0.2, -0.15) is 0 Å². The molecule has 2 N–H and O–H groups in total. The van der Waals surface area contributed by atoms with Gasteiger partial charge in [-0.1, -0.05) is 25.1 Å². The van der Waals surface area contributed by atoms with Crippen LogP contribution in [0.4, 0.5) is 5.82 Å². The predicted molar refractivity (Wildman–Crippen MR) is 125 cm³/mol. The summed E-state index contributed by atoms with van der Waals surface area (Å²) >= 11 is 1.67. The van der Waals surface area contributed by atoms with Crippen LogP contribution in [0.5, 0.6) is 0 Å². The second-order valence-electron chi connectivity index (χ2n) is 8.32. The van der Waals surface area contributed by atoms with E-state index in [2.05, 4.69) is 22.5 Å². The van der Waals surface area contributed by atoms with Gasteiger partial charge in [-0.25, -0.2) is 4.98 Å². The van der Waals surface area contributed by atoms with E-state index in [1.54, 1.807) is 17.8 Å². The first-order valence-corrected chi connectivity index (χ1v) is 11.7. The molecule has 2 unspecified atom stereocenters. The van der Waals surface area contributed by atoms with Gasteiger partial charge in [0.1, 0.15) is 5.82 Å². The Bertz CT molecular complexity index is 1100. The van der Waals surface area contributed by atoms with E-state index in [0.29, 0.717) is 17.8 Å². The minimum atomic E-state index is -0.392. The van der Waals surface area contributed by atoms with Crippen LogP contribution in [0, 0.1) is 12.8 Å². The lowest BCUT2D eigenvalue weighted by atomic mass is 9.73. The van der Waals surface area contributed by atoms with Crippen LogP contribution in [0.15, 0.2) is 69.9 Å². The summed E-state index contributed by atoms with van der Waals surface area (Å²) < 4.78 is 0. The Labute approximate surface area is 187 Å². The van der Waals surface area contributed by atoms with Crippen molar-refractivity contribution in [2.24, 2.45) is 5.92 Å². The zero-order valence-corrected chi connectivity index (χ0v) is 19.1. The zero-order chi connectivity index (χ0) is 22.1. The quantitative estimate of drug-likeness (QED) is 0.667. The number of aryl methyl sites for hydroxylation is 1. The number of nitrogens with zero attached hydrogens (tertiary/aromatic N) is 1. The highest BCUT2D eigenvalue weighted by atomic mass is 32.2. The third-order valence-electron chi connectivity index (χ3n) is 5.86. The zero-order valence-electron chi connectivity index (χ0n) is 18.3. The van der Waals surface area contributed by atoms with E-state index in [-0.39, 0.29) is 17.6 Å². The van der Waals surface area contributed by atoms with Crippen LogP contribution in [0.3, 0.4) is 0 Å². The molecule has 160 valence electrons. The summed E-state index contributed by atoms with van der Waals surface area (Å²) in [5.41, 5.74) is 4.81. The van der Waals surface area contributed by atoms with Crippen molar-refractivity contribution in [1.29, 1.82) is 0 Å². The summed E-state index contributed by atoms with van der Waals surface area (Å²) in [5.74, 6) is 0.284. The fourth-order valence-corrected chi connectivity index (χ4v) is 4.87. The molecule has 1 aliphatic carbocycles. The van der Waals surface area contributed by atoms with E-state index in [4.69, 9.17) is 0 Å². The van der Waals surface area contributed by atoms with Gasteiger partial charge < -0.3 is 10.6 Å². The predicted octanol–water partition coefficient (Wildman–Crippen LogP) is 4.96. The molecule has 1 aromatic carbocycles. The molecule has 31 heavy (non-hydrogen) atoms. The van der Waals surface area contributed by atoms with Crippen molar-refractivity contribution in [2.45, 2.75) is 44.4 Å². The highest BCUT2D eigenvalue weighted by molar-refractivity contribution is 7.98. The average molecular weight is 434 g/mol. The van der Waals surface area contributed by atoms with Gasteiger partial charge in [-0.05, 0) is 62.3 Å². The number of carbonyl (C=O) groups excluding carboxylic acids is 2. The topological polar surface area (TPSA) is 71.1 Å². The Hall–Kier alpha value is -2.86. The van der Waals surface area contributed by atoms with E-state index >= 15 is 0 Å². The number of Topliss-reactive ketones (excluding diaryl/α,β-unsaturated/α-hetero) is 1. The van der Waals surface area contributed by atoms with Gasteiger partial charge in [0, 0.05) is 45.5 Å². The number of anilines is 1. The average Bonchev–Trinajstić information content (AvgIpc) is 2.72. The minimum Gasteiger partial charge on any atom is -0.362 e. The first kappa shape index (κ1) is 21.4. The van der Waals surface area contributed by atoms with E-state index in [0.717, 1.165) is 39.5 Å². The third-order valence-corrected chi connectivity index (χ3v) is 6.60. The molecule has 0 saturated carbocycles. The van der Waals surface area contributed by atoms with Crippen LogP contribution in [0.2, 0.25) is 0 Å². The molecule has 2 aromatic rings.